The van der Waals surface area contributed by atoms with Crippen molar-refractivity contribution in [2.24, 2.45) is 7.05 Å². The standard InChI is InChI=1S/C13H17FN4O/c1-3-15-7-10-6-11(14)4-5-12(10)19-8-13-16-9-17-18(13)2/h4-6,9,15H,3,7-8H2,1-2H3. The van der Waals surface area contributed by atoms with Crippen LogP contribution in [0.15, 0.2) is 24.5 Å². The molecule has 0 aliphatic carbocycles. The van der Waals surface area contributed by atoms with Gasteiger partial charge in [-0.05, 0) is 24.7 Å². The van der Waals surface area contributed by atoms with Crippen LogP contribution < -0.4 is 10.1 Å². The Kier molecular flexibility index (Phi) is 4.46. The van der Waals surface area contributed by atoms with Crippen LogP contribution in [0, 0.1) is 5.82 Å². The van der Waals surface area contributed by atoms with E-state index in [1.807, 2.05) is 6.92 Å². The fourth-order valence-corrected chi connectivity index (χ4v) is 1.68. The molecule has 0 spiro atoms. The van der Waals surface area contributed by atoms with Crippen LogP contribution >= 0.6 is 0 Å². The monoisotopic (exact) mass is 264 g/mol. The Bertz CT molecular complexity index is 541. The van der Waals surface area contributed by atoms with Crippen LogP contribution in [0.3, 0.4) is 0 Å². The topological polar surface area (TPSA) is 52.0 Å². The van der Waals surface area contributed by atoms with Gasteiger partial charge in [0.1, 0.15) is 24.5 Å². The third-order valence-corrected chi connectivity index (χ3v) is 2.75. The Morgan fingerprint density at radius 2 is 2.26 bits per heavy atom. The first kappa shape index (κ1) is 13.5. The summed E-state index contributed by atoms with van der Waals surface area (Å²) < 4.78 is 20.6. The van der Waals surface area contributed by atoms with Crippen molar-refractivity contribution in [2.75, 3.05) is 6.54 Å². The fourth-order valence-electron chi connectivity index (χ4n) is 1.68. The molecule has 2 rings (SSSR count). The van der Waals surface area contributed by atoms with E-state index < -0.39 is 0 Å². The molecule has 19 heavy (non-hydrogen) atoms. The van der Waals surface area contributed by atoms with Crippen molar-refractivity contribution in [1.29, 1.82) is 0 Å². The molecule has 1 heterocycles. The fraction of sp³-hybridized carbons (Fsp3) is 0.385. The van der Waals surface area contributed by atoms with Gasteiger partial charge in [0.05, 0.1) is 0 Å². The maximum Gasteiger partial charge on any atom is 0.164 e. The molecule has 2 aromatic rings. The molecule has 0 fully saturated rings. The highest BCUT2D eigenvalue weighted by Gasteiger charge is 2.07. The number of nitrogens with one attached hydrogen (secondary N) is 1. The number of hydrogen-bond acceptors (Lipinski definition) is 4. The number of aromatic nitrogens is 3. The second kappa shape index (κ2) is 6.29. The Hall–Kier alpha value is -1.95. The van der Waals surface area contributed by atoms with Crippen molar-refractivity contribution in [3.8, 4) is 5.75 Å². The normalized spacial score (nSPS) is 10.7. The van der Waals surface area contributed by atoms with Gasteiger partial charge in [-0.25, -0.2) is 9.37 Å². The SMILES string of the molecule is CCNCc1cc(F)ccc1OCc1ncnn1C. The number of rotatable bonds is 6. The van der Waals surface area contributed by atoms with E-state index in [4.69, 9.17) is 4.74 Å². The van der Waals surface area contributed by atoms with E-state index in [0.29, 0.717) is 18.9 Å². The highest BCUT2D eigenvalue weighted by molar-refractivity contribution is 5.34. The molecule has 102 valence electrons. The summed E-state index contributed by atoms with van der Waals surface area (Å²) in [5.74, 6) is 1.11. The zero-order valence-electron chi connectivity index (χ0n) is 11.1. The van der Waals surface area contributed by atoms with E-state index in [1.54, 1.807) is 17.8 Å². The van der Waals surface area contributed by atoms with Gasteiger partial charge in [0, 0.05) is 19.2 Å². The molecule has 0 aliphatic rings. The quantitative estimate of drug-likeness (QED) is 0.862. The van der Waals surface area contributed by atoms with E-state index in [9.17, 15) is 4.39 Å². The zero-order chi connectivity index (χ0) is 13.7. The van der Waals surface area contributed by atoms with Crippen LogP contribution in [0.5, 0.6) is 5.75 Å². The van der Waals surface area contributed by atoms with Crippen LogP contribution in [-0.4, -0.2) is 21.3 Å². The van der Waals surface area contributed by atoms with Crippen LogP contribution in [0.1, 0.15) is 18.3 Å². The van der Waals surface area contributed by atoms with Crippen molar-refractivity contribution in [3.05, 3.63) is 41.7 Å². The third kappa shape index (κ3) is 3.51. The average molecular weight is 264 g/mol. The summed E-state index contributed by atoms with van der Waals surface area (Å²) in [6.45, 7) is 3.70. The number of aryl methyl sites for hydroxylation is 1. The van der Waals surface area contributed by atoms with Gasteiger partial charge in [0.25, 0.3) is 0 Å². The van der Waals surface area contributed by atoms with Crippen molar-refractivity contribution < 1.29 is 9.13 Å². The second-order valence-corrected chi connectivity index (χ2v) is 4.12. The molecule has 0 saturated heterocycles. The Balaban J connectivity index is 2.08. The van der Waals surface area contributed by atoms with Gasteiger partial charge in [-0.2, -0.15) is 5.10 Å². The van der Waals surface area contributed by atoms with Crippen LogP contribution in [0.25, 0.3) is 0 Å². The van der Waals surface area contributed by atoms with Crippen molar-refractivity contribution in [2.45, 2.75) is 20.1 Å². The van der Waals surface area contributed by atoms with Gasteiger partial charge < -0.3 is 10.1 Å². The molecule has 0 saturated carbocycles. The minimum absolute atomic E-state index is 0.265. The van der Waals surface area contributed by atoms with E-state index in [2.05, 4.69) is 15.4 Å². The number of ether oxygens (including phenoxy) is 1. The van der Waals surface area contributed by atoms with Crippen molar-refractivity contribution in [1.82, 2.24) is 20.1 Å². The lowest BCUT2D eigenvalue weighted by atomic mass is 10.2. The van der Waals surface area contributed by atoms with E-state index >= 15 is 0 Å². The first-order chi connectivity index (χ1) is 9.20. The number of nitrogens with zero attached hydrogens (tertiary/aromatic N) is 3. The highest BCUT2D eigenvalue weighted by atomic mass is 19.1. The Morgan fingerprint density at radius 3 is 2.95 bits per heavy atom. The molecule has 1 aromatic carbocycles. The maximum atomic E-state index is 13.2. The molecule has 0 atom stereocenters. The summed E-state index contributed by atoms with van der Waals surface area (Å²) in [5.41, 5.74) is 0.795. The number of benzene rings is 1. The number of hydrogen-bond donors (Lipinski definition) is 1. The van der Waals surface area contributed by atoms with Crippen LogP contribution in [0.2, 0.25) is 0 Å². The lowest BCUT2D eigenvalue weighted by Crippen LogP contribution is -2.13. The average Bonchev–Trinajstić information content (AvgIpc) is 2.81. The van der Waals surface area contributed by atoms with Crippen molar-refractivity contribution in [3.63, 3.8) is 0 Å². The smallest absolute Gasteiger partial charge is 0.164 e. The van der Waals surface area contributed by atoms with Crippen molar-refractivity contribution >= 4 is 0 Å². The zero-order valence-corrected chi connectivity index (χ0v) is 11.1. The summed E-state index contributed by atoms with van der Waals surface area (Å²) in [7, 11) is 1.80. The predicted octanol–water partition coefficient (Wildman–Crippen LogP) is 1.64. The van der Waals surface area contributed by atoms with E-state index in [-0.39, 0.29) is 5.82 Å². The number of halogens is 1. The molecule has 0 unspecified atom stereocenters. The molecule has 0 amide bonds. The molecule has 5 nitrogen and oxygen atoms in total. The summed E-state index contributed by atoms with van der Waals surface area (Å²) in [4.78, 5) is 4.08. The van der Waals surface area contributed by atoms with E-state index in [0.717, 1.165) is 17.9 Å². The molecular formula is C13H17FN4O. The van der Waals surface area contributed by atoms with Crippen LogP contribution in [-0.2, 0) is 20.2 Å². The first-order valence-electron chi connectivity index (χ1n) is 6.15. The molecule has 1 aromatic heterocycles. The predicted molar refractivity (Wildman–Crippen MR) is 69.1 cm³/mol. The minimum atomic E-state index is -0.265. The molecule has 1 N–H and O–H groups in total. The summed E-state index contributed by atoms with van der Waals surface area (Å²) in [5, 5.41) is 7.13. The summed E-state index contributed by atoms with van der Waals surface area (Å²) in [6.07, 6.45) is 1.48. The van der Waals surface area contributed by atoms with Gasteiger partial charge in [0.15, 0.2) is 5.82 Å². The summed E-state index contributed by atoms with van der Waals surface area (Å²) >= 11 is 0. The van der Waals surface area contributed by atoms with Gasteiger partial charge in [-0.15, -0.1) is 0 Å². The lowest BCUT2D eigenvalue weighted by molar-refractivity contribution is 0.285. The second-order valence-electron chi connectivity index (χ2n) is 4.12. The van der Waals surface area contributed by atoms with Gasteiger partial charge in [-0.3, -0.25) is 4.68 Å². The third-order valence-electron chi connectivity index (χ3n) is 2.75. The van der Waals surface area contributed by atoms with Gasteiger partial charge in [0.2, 0.25) is 0 Å². The lowest BCUT2D eigenvalue weighted by Gasteiger charge is -2.11. The summed E-state index contributed by atoms with van der Waals surface area (Å²) in [6, 6.07) is 4.51. The minimum Gasteiger partial charge on any atom is -0.485 e. The molecule has 0 bridgehead atoms. The van der Waals surface area contributed by atoms with E-state index in [1.165, 1.54) is 18.5 Å². The highest BCUT2D eigenvalue weighted by Crippen LogP contribution is 2.20. The molecule has 0 radical (unpaired) electrons. The van der Waals surface area contributed by atoms with Crippen LogP contribution in [0.4, 0.5) is 4.39 Å². The molecule has 6 heteroatoms. The Morgan fingerprint density at radius 1 is 1.42 bits per heavy atom. The first-order valence-corrected chi connectivity index (χ1v) is 6.15. The molecular weight excluding hydrogens is 247 g/mol. The maximum absolute atomic E-state index is 13.2. The van der Waals surface area contributed by atoms with Gasteiger partial charge in [-0.1, -0.05) is 6.92 Å². The molecule has 0 aliphatic heterocycles. The largest absolute Gasteiger partial charge is 0.485 e. The van der Waals surface area contributed by atoms with Gasteiger partial charge >= 0.3 is 0 Å². The Labute approximate surface area is 111 Å².